The SMILES string of the molecule is CCC[C@H](NC)C(=O)N[C@H]1CC[C@@H]2CN(Cc3cccc(C(F)(F)F)c3)C[C@@H]21. The van der Waals surface area contributed by atoms with Gasteiger partial charge in [0.25, 0.3) is 0 Å². The van der Waals surface area contributed by atoms with Crippen molar-refractivity contribution in [3.05, 3.63) is 35.4 Å². The predicted octanol–water partition coefficient (Wildman–Crippen LogP) is 3.42. The Balaban J connectivity index is 1.58. The van der Waals surface area contributed by atoms with Crippen LogP contribution in [-0.2, 0) is 17.5 Å². The van der Waals surface area contributed by atoms with Crippen LogP contribution >= 0.6 is 0 Å². The number of benzene rings is 1. The molecule has 1 aromatic rings. The number of halogens is 3. The first kappa shape index (κ1) is 21.1. The number of rotatable bonds is 7. The second kappa shape index (κ2) is 8.82. The highest BCUT2D eigenvalue weighted by atomic mass is 19.4. The maximum absolute atomic E-state index is 12.9. The molecule has 0 radical (unpaired) electrons. The molecule has 0 bridgehead atoms. The Kier molecular flexibility index (Phi) is 6.65. The topological polar surface area (TPSA) is 44.4 Å². The summed E-state index contributed by atoms with van der Waals surface area (Å²) in [5.41, 5.74) is 0.0946. The van der Waals surface area contributed by atoms with Gasteiger partial charge in [0.2, 0.25) is 5.91 Å². The molecule has 2 fully saturated rings. The van der Waals surface area contributed by atoms with E-state index in [2.05, 4.69) is 22.5 Å². The Hall–Kier alpha value is -1.60. The summed E-state index contributed by atoms with van der Waals surface area (Å²) in [5.74, 6) is 0.954. The molecule has 28 heavy (non-hydrogen) atoms. The Labute approximate surface area is 164 Å². The van der Waals surface area contributed by atoms with Crippen LogP contribution in [0.4, 0.5) is 13.2 Å². The van der Waals surface area contributed by atoms with Gasteiger partial charge in [-0.15, -0.1) is 0 Å². The summed E-state index contributed by atoms with van der Waals surface area (Å²) in [4.78, 5) is 14.7. The van der Waals surface area contributed by atoms with Crippen LogP contribution in [0, 0.1) is 11.8 Å². The highest BCUT2D eigenvalue weighted by Gasteiger charge is 2.43. The molecule has 3 rings (SSSR count). The molecule has 0 spiro atoms. The fourth-order valence-electron chi connectivity index (χ4n) is 4.75. The van der Waals surface area contributed by atoms with E-state index in [1.807, 2.05) is 7.05 Å². The standard InChI is InChI=1S/C21H30F3N3O/c1-3-5-19(25-2)20(28)26-18-9-8-15-12-27(13-17(15)18)11-14-6-4-7-16(10-14)21(22,23)24/h4,6-7,10,15,17-19,25H,3,5,8-9,11-13H2,1-2H3,(H,26,28)/t15-,17+,18+,19+/m1/s1. The monoisotopic (exact) mass is 397 g/mol. The molecule has 1 aromatic carbocycles. The van der Waals surface area contributed by atoms with Crippen LogP contribution in [0.2, 0.25) is 0 Å². The second-order valence-corrected chi connectivity index (χ2v) is 8.14. The van der Waals surface area contributed by atoms with Gasteiger partial charge < -0.3 is 10.6 Å². The Morgan fingerprint density at radius 2 is 2.07 bits per heavy atom. The third kappa shape index (κ3) is 4.87. The molecule has 4 atom stereocenters. The van der Waals surface area contributed by atoms with Gasteiger partial charge in [-0.25, -0.2) is 0 Å². The summed E-state index contributed by atoms with van der Waals surface area (Å²) >= 11 is 0. The van der Waals surface area contributed by atoms with E-state index < -0.39 is 11.7 Å². The largest absolute Gasteiger partial charge is 0.416 e. The summed E-state index contributed by atoms with van der Waals surface area (Å²) in [6.07, 6.45) is -0.506. The number of fused-ring (bicyclic) bond motifs is 1. The quantitative estimate of drug-likeness (QED) is 0.741. The zero-order chi connectivity index (χ0) is 20.3. The van der Waals surface area contributed by atoms with Crippen molar-refractivity contribution < 1.29 is 18.0 Å². The lowest BCUT2D eigenvalue weighted by molar-refractivity contribution is -0.137. The van der Waals surface area contributed by atoms with Gasteiger partial charge in [-0.05, 0) is 49.8 Å². The van der Waals surface area contributed by atoms with Gasteiger partial charge in [-0.1, -0.05) is 31.5 Å². The van der Waals surface area contributed by atoms with Crippen molar-refractivity contribution >= 4 is 5.91 Å². The van der Waals surface area contributed by atoms with Crippen molar-refractivity contribution in [2.75, 3.05) is 20.1 Å². The minimum absolute atomic E-state index is 0.0614. The van der Waals surface area contributed by atoms with E-state index in [4.69, 9.17) is 0 Å². The van der Waals surface area contributed by atoms with Crippen molar-refractivity contribution in [3.63, 3.8) is 0 Å². The van der Waals surface area contributed by atoms with Gasteiger partial charge in [0.1, 0.15) is 0 Å². The van der Waals surface area contributed by atoms with Crippen molar-refractivity contribution in [1.82, 2.24) is 15.5 Å². The molecule has 1 aliphatic heterocycles. The molecular formula is C21H30F3N3O. The van der Waals surface area contributed by atoms with E-state index in [9.17, 15) is 18.0 Å². The van der Waals surface area contributed by atoms with Crippen LogP contribution in [0.25, 0.3) is 0 Å². The Morgan fingerprint density at radius 3 is 2.75 bits per heavy atom. The molecule has 7 heteroatoms. The number of hydrogen-bond donors (Lipinski definition) is 2. The zero-order valence-electron chi connectivity index (χ0n) is 16.6. The number of alkyl halides is 3. The molecule has 2 aliphatic rings. The van der Waals surface area contributed by atoms with Gasteiger partial charge in [-0.2, -0.15) is 13.2 Å². The van der Waals surface area contributed by atoms with Crippen molar-refractivity contribution in [3.8, 4) is 0 Å². The van der Waals surface area contributed by atoms with Crippen molar-refractivity contribution in [2.24, 2.45) is 11.8 Å². The minimum atomic E-state index is -4.31. The summed E-state index contributed by atoms with van der Waals surface area (Å²) in [6, 6.07) is 5.59. The Bertz CT molecular complexity index is 679. The molecular weight excluding hydrogens is 367 g/mol. The molecule has 1 amide bonds. The molecule has 1 saturated heterocycles. The molecule has 2 N–H and O–H groups in total. The Morgan fingerprint density at radius 1 is 1.29 bits per heavy atom. The van der Waals surface area contributed by atoms with Gasteiger partial charge in [-0.3, -0.25) is 9.69 Å². The van der Waals surface area contributed by atoms with E-state index in [1.165, 1.54) is 12.1 Å². The number of nitrogens with zero attached hydrogens (tertiary/aromatic N) is 1. The number of likely N-dealkylation sites (N-methyl/N-ethyl adjacent to an activating group) is 1. The maximum Gasteiger partial charge on any atom is 0.416 e. The van der Waals surface area contributed by atoms with Crippen LogP contribution in [0.15, 0.2) is 24.3 Å². The summed E-state index contributed by atoms with van der Waals surface area (Å²) < 4.78 is 38.8. The fourth-order valence-corrected chi connectivity index (χ4v) is 4.75. The van der Waals surface area contributed by atoms with E-state index in [1.54, 1.807) is 6.07 Å². The smallest absolute Gasteiger partial charge is 0.352 e. The molecule has 1 aliphatic carbocycles. The van der Waals surface area contributed by atoms with E-state index in [0.717, 1.165) is 44.8 Å². The second-order valence-electron chi connectivity index (χ2n) is 8.14. The lowest BCUT2D eigenvalue weighted by Gasteiger charge is -2.24. The lowest BCUT2D eigenvalue weighted by Crippen LogP contribution is -2.48. The number of carbonyl (C=O) groups excluding carboxylic acids is 1. The lowest BCUT2D eigenvalue weighted by atomic mass is 9.97. The molecule has 0 aromatic heterocycles. The minimum Gasteiger partial charge on any atom is -0.352 e. The first-order valence-corrected chi connectivity index (χ1v) is 10.2. The highest BCUT2D eigenvalue weighted by Crippen LogP contribution is 2.39. The molecule has 156 valence electrons. The third-order valence-electron chi connectivity index (χ3n) is 6.16. The van der Waals surface area contributed by atoms with Gasteiger partial charge in [0.15, 0.2) is 0 Å². The van der Waals surface area contributed by atoms with Crippen molar-refractivity contribution in [2.45, 2.75) is 57.4 Å². The van der Waals surface area contributed by atoms with Crippen LogP contribution in [0.3, 0.4) is 0 Å². The average molecular weight is 397 g/mol. The van der Waals surface area contributed by atoms with Crippen LogP contribution in [-0.4, -0.2) is 43.0 Å². The number of carbonyl (C=O) groups is 1. The number of amides is 1. The van der Waals surface area contributed by atoms with E-state index in [-0.39, 0.29) is 18.0 Å². The van der Waals surface area contributed by atoms with E-state index >= 15 is 0 Å². The molecule has 4 nitrogen and oxygen atoms in total. The average Bonchev–Trinajstić information content (AvgIpc) is 3.20. The summed E-state index contributed by atoms with van der Waals surface area (Å²) in [5, 5.41) is 6.30. The van der Waals surface area contributed by atoms with Gasteiger partial charge >= 0.3 is 6.18 Å². The highest BCUT2D eigenvalue weighted by molar-refractivity contribution is 5.82. The van der Waals surface area contributed by atoms with E-state index in [0.29, 0.717) is 23.9 Å². The predicted molar refractivity (Wildman–Crippen MR) is 103 cm³/mol. The zero-order valence-corrected chi connectivity index (χ0v) is 16.6. The number of likely N-dealkylation sites (tertiary alicyclic amines) is 1. The molecule has 1 saturated carbocycles. The normalized spacial score (nSPS) is 26.2. The van der Waals surface area contributed by atoms with Crippen molar-refractivity contribution in [1.29, 1.82) is 0 Å². The van der Waals surface area contributed by atoms with Gasteiger partial charge in [0.05, 0.1) is 11.6 Å². The third-order valence-corrected chi connectivity index (χ3v) is 6.16. The first-order chi connectivity index (χ1) is 13.3. The fraction of sp³-hybridized carbons (Fsp3) is 0.667. The van der Waals surface area contributed by atoms with Gasteiger partial charge in [0, 0.05) is 25.7 Å². The molecule has 1 heterocycles. The summed E-state index contributed by atoms with van der Waals surface area (Å²) in [7, 11) is 1.81. The first-order valence-electron chi connectivity index (χ1n) is 10.2. The summed E-state index contributed by atoms with van der Waals surface area (Å²) in [6.45, 7) is 4.29. The molecule has 0 unspecified atom stereocenters. The van der Waals surface area contributed by atoms with Crippen LogP contribution in [0.1, 0.15) is 43.7 Å². The number of hydrogen-bond acceptors (Lipinski definition) is 3. The number of nitrogens with one attached hydrogen (secondary N) is 2. The van der Waals surface area contributed by atoms with Crippen LogP contribution in [0.5, 0.6) is 0 Å². The van der Waals surface area contributed by atoms with Crippen LogP contribution < -0.4 is 10.6 Å². The maximum atomic E-state index is 12.9.